The first-order valence-corrected chi connectivity index (χ1v) is 13.4. The van der Waals surface area contributed by atoms with Crippen LogP contribution in [0.3, 0.4) is 0 Å². The van der Waals surface area contributed by atoms with E-state index in [2.05, 4.69) is 28.1 Å². The first kappa shape index (κ1) is 26.3. The number of benzene rings is 1. The van der Waals surface area contributed by atoms with Gasteiger partial charge in [0.05, 0.1) is 30.2 Å². The molecule has 3 heterocycles. The van der Waals surface area contributed by atoms with Gasteiger partial charge in [-0.3, -0.25) is 18.7 Å². The van der Waals surface area contributed by atoms with Crippen molar-refractivity contribution in [3.05, 3.63) is 61.8 Å². The molecule has 0 spiro atoms. The summed E-state index contributed by atoms with van der Waals surface area (Å²) in [6.45, 7) is 3.57. The average molecular weight is 528 g/mol. The van der Waals surface area contributed by atoms with Crippen molar-refractivity contribution in [1.29, 1.82) is 5.26 Å². The lowest BCUT2D eigenvalue weighted by atomic mass is 10.1. The molecule has 39 heavy (non-hydrogen) atoms. The van der Waals surface area contributed by atoms with Crippen molar-refractivity contribution < 1.29 is 4.79 Å². The van der Waals surface area contributed by atoms with Gasteiger partial charge in [0.1, 0.15) is 16.9 Å². The van der Waals surface area contributed by atoms with E-state index in [9.17, 15) is 19.6 Å². The molecule has 1 saturated carbocycles. The van der Waals surface area contributed by atoms with Crippen molar-refractivity contribution in [2.45, 2.75) is 51.7 Å². The number of nitrogens with zero attached hydrogens (tertiary/aromatic N) is 5. The van der Waals surface area contributed by atoms with E-state index in [1.165, 1.54) is 4.57 Å². The smallest absolute Gasteiger partial charge is 0.331 e. The molecule has 1 amide bonds. The van der Waals surface area contributed by atoms with E-state index < -0.39 is 11.2 Å². The lowest BCUT2D eigenvalue weighted by molar-refractivity contribution is 0.0953. The van der Waals surface area contributed by atoms with Gasteiger partial charge < -0.3 is 20.5 Å². The third-order valence-electron chi connectivity index (χ3n) is 7.62. The molecule has 2 fully saturated rings. The van der Waals surface area contributed by atoms with Gasteiger partial charge in [-0.15, -0.1) is 5.92 Å². The first-order chi connectivity index (χ1) is 18.8. The molecule has 0 unspecified atom stereocenters. The van der Waals surface area contributed by atoms with Crippen molar-refractivity contribution in [3.8, 4) is 17.9 Å². The standard InChI is InChI=1S/C29H33N7O3/c1-3-4-14-35-25-24(33(2)29(39)36(28(25)38)17-21-9-6-5-8-20(21)15-30)23(26(37)32-16-19-11-12-19)27(35)34-13-7-10-22(31)18-34/h5-6,8-9,19,22H,7,10-14,16-18,31H2,1-2H3,(H,32,37)/t22-/m1/s1. The van der Waals surface area contributed by atoms with Crippen LogP contribution in [-0.2, 0) is 20.1 Å². The monoisotopic (exact) mass is 527 g/mol. The molecule has 0 radical (unpaired) electrons. The van der Waals surface area contributed by atoms with Gasteiger partial charge in [0.2, 0.25) is 0 Å². The van der Waals surface area contributed by atoms with Crippen LogP contribution < -0.4 is 27.2 Å². The molecule has 2 aliphatic rings. The molecular weight excluding hydrogens is 494 g/mol. The number of hydrogen-bond donors (Lipinski definition) is 2. The summed E-state index contributed by atoms with van der Waals surface area (Å²) in [6, 6.07) is 8.95. The fraction of sp³-hybridized carbons (Fsp3) is 0.448. The van der Waals surface area contributed by atoms with Gasteiger partial charge in [0.15, 0.2) is 0 Å². The predicted octanol–water partition coefficient (Wildman–Crippen LogP) is 1.51. The number of nitriles is 1. The minimum absolute atomic E-state index is 0.0665. The number of hydrogen-bond acceptors (Lipinski definition) is 6. The molecule has 1 aliphatic carbocycles. The van der Waals surface area contributed by atoms with E-state index in [0.717, 1.165) is 30.3 Å². The van der Waals surface area contributed by atoms with Crippen molar-refractivity contribution in [2.24, 2.45) is 18.7 Å². The fourth-order valence-corrected chi connectivity index (χ4v) is 5.40. The molecule has 5 rings (SSSR count). The number of carbonyl (C=O) groups is 1. The summed E-state index contributed by atoms with van der Waals surface area (Å²) in [5.74, 6) is 6.66. The number of nitrogens with one attached hydrogen (secondary N) is 1. The molecule has 3 N–H and O–H groups in total. The van der Waals surface area contributed by atoms with Gasteiger partial charge in [0.25, 0.3) is 11.5 Å². The van der Waals surface area contributed by atoms with Crippen LogP contribution in [0.25, 0.3) is 11.0 Å². The highest BCUT2D eigenvalue weighted by Crippen LogP contribution is 2.33. The summed E-state index contributed by atoms with van der Waals surface area (Å²) in [5.41, 5.74) is 7.03. The normalized spacial score (nSPS) is 17.0. The molecule has 1 saturated heterocycles. The third kappa shape index (κ3) is 4.96. The minimum Gasteiger partial charge on any atom is -0.356 e. The van der Waals surface area contributed by atoms with Crippen molar-refractivity contribution >= 4 is 22.8 Å². The fourth-order valence-electron chi connectivity index (χ4n) is 5.40. The molecule has 10 nitrogen and oxygen atoms in total. The van der Waals surface area contributed by atoms with E-state index in [0.29, 0.717) is 48.1 Å². The number of aryl methyl sites for hydroxylation is 1. The number of rotatable bonds is 7. The Balaban J connectivity index is 1.79. The lowest BCUT2D eigenvalue weighted by Crippen LogP contribution is -2.44. The Morgan fingerprint density at radius 1 is 1.15 bits per heavy atom. The van der Waals surface area contributed by atoms with Crippen LogP contribution in [-0.4, -0.2) is 45.3 Å². The highest BCUT2D eigenvalue weighted by Gasteiger charge is 2.33. The maximum absolute atomic E-state index is 14.1. The quantitative estimate of drug-likeness (QED) is 0.448. The maximum Gasteiger partial charge on any atom is 0.331 e. The van der Waals surface area contributed by atoms with E-state index in [1.54, 1.807) is 42.8 Å². The Bertz CT molecular complexity index is 1660. The molecule has 2 aromatic heterocycles. The van der Waals surface area contributed by atoms with Gasteiger partial charge in [-0.2, -0.15) is 5.26 Å². The molecule has 1 atom stereocenters. The van der Waals surface area contributed by atoms with E-state index in [1.807, 2.05) is 0 Å². The number of anilines is 1. The Morgan fingerprint density at radius 2 is 1.92 bits per heavy atom. The molecule has 1 aromatic carbocycles. The van der Waals surface area contributed by atoms with Crippen LogP contribution in [0.2, 0.25) is 0 Å². The Hall–Kier alpha value is -4.28. The highest BCUT2D eigenvalue weighted by atomic mass is 16.2. The second kappa shape index (κ2) is 10.8. The summed E-state index contributed by atoms with van der Waals surface area (Å²) in [5, 5.41) is 12.6. The summed E-state index contributed by atoms with van der Waals surface area (Å²) >= 11 is 0. The van der Waals surface area contributed by atoms with Gasteiger partial charge in [-0.25, -0.2) is 4.79 Å². The largest absolute Gasteiger partial charge is 0.356 e. The third-order valence-corrected chi connectivity index (χ3v) is 7.62. The average Bonchev–Trinajstić information content (AvgIpc) is 3.71. The zero-order valence-electron chi connectivity index (χ0n) is 22.4. The van der Waals surface area contributed by atoms with Gasteiger partial charge in [-0.1, -0.05) is 24.1 Å². The van der Waals surface area contributed by atoms with Crippen LogP contribution >= 0.6 is 0 Å². The summed E-state index contributed by atoms with van der Waals surface area (Å²) in [7, 11) is 1.58. The van der Waals surface area contributed by atoms with Crippen LogP contribution in [0.1, 0.15) is 54.1 Å². The molecule has 1 aliphatic heterocycles. The molecule has 0 bridgehead atoms. The molecule has 3 aromatic rings. The minimum atomic E-state index is -0.558. The number of carbonyl (C=O) groups excluding carboxylic acids is 1. The predicted molar refractivity (Wildman–Crippen MR) is 150 cm³/mol. The molecule has 10 heteroatoms. The number of aromatic nitrogens is 3. The first-order valence-electron chi connectivity index (χ1n) is 13.4. The second-order valence-corrected chi connectivity index (χ2v) is 10.4. The summed E-state index contributed by atoms with van der Waals surface area (Å²) in [6.07, 6.45) is 3.88. The molecule has 202 valence electrons. The van der Waals surface area contributed by atoms with Gasteiger partial charge in [-0.05, 0) is 50.2 Å². The Labute approximate surface area is 226 Å². The second-order valence-electron chi connectivity index (χ2n) is 10.4. The van der Waals surface area contributed by atoms with Crippen molar-refractivity contribution in [3.63, 3.8) is 0 Å². The lowest BCUT2D eigenvalue weighted by Gasteiger charge is -2.33. The number of piperidine rings is 1. The van der Waals surface area contributed by atoms with Gasteiger partial charge in [0, 0.05) is 32.7 Å². The zero-order valence-corrected chi connectivity index (χ0v) is 22.4. The van der Waals surface area contributed by atoms with Crippen molar-refractivity contribution in [2.75, 3.05) is 24.5 Å². The van der Waals surface area contributed by atoms with Crippen LogP contribution in [0, 0.1) is 29.1 Å². The summed E-state index contributed by atoms with van der Waals surface area (Å²) < 4.78 is 4.28. The van der Waals surface area contributed by atoms with Crippen molar-refractivity contribution in [1.82, 2.24) is 19.0 Å². The number of fused-ring (bicyclic) bond motifs is 1. The SMILES string of the molecule is CC#CCn1c(N2CCC[C@@H](N)C2)c(C(=O)NCC2CC2)c2c1c(=O)n(Cc1ccccc1C#N)c(=O)n2C. The summed E-state index contributed by atoms with van der Waals surface area (Å²) in [4.78, 5) is 43.6. The number of nitrogens with two attached hydrogens (primary N) is 1. The zero-order chi connectivity index (χ0) is 27.7. The van der Waals surface area contributed by atoms with E-state index >= 15 is 0 Å². The Kier molecular flexibility index (Phi) is 7.32. The highest BCUT2D eigenvalue weighted by molar-refractivity contribution is 6.11. The van der Waals surface area contributed by atoms with E-state index in [4.69, 9.17) is 5.73 Å². The maximum atomic E-state index is 14.1. The molecular formula is C29H33N7O3. The van der Waals surface area contributed by atoms with Crippen LogP contribution in [0.5, 0.6) is 0 Å². The van der Waals surface area contributed by atoms with Crippen LogP contribution in [0.4, 0.5) is 5.82 Å². The Morgan fingerprint density at radius 3 is 2.62 bits per heavy atom. The number of amides is 1. The topological polar surface area (TPSA) is 131 Å². The van der Waals surface area contributed by atoms with Crippen LogP contribution in [0.15, 0.2) is 33.9 Å². The van der Waals surface area contributed by atoms with E-state index in [-0.39, 0.29) is 36.1 Å². The van der Waals surface area contributed by atoms with Gasteiger partial charge >= 0.3 is 5.69 Å².